The van der Waals surface area contributed by atoms with Crippen LogP contribution in [0, 0.1) is 5.82 Å². The highest BCUT2D eigenvalue weighted by Gasteiger charge is 2.29. The van der Waals surface area contributed by atoms with Crippen molar-refractivity contribution in [3.63, 3.8) is 0 Å². The van der Waals surface area contributed by atoms with Crippen molar-refractivity contribution in [1.29, 1.82) is 0 Å². The highest BCUT2D eigenvalue weighted by atomic mass is 32.2. The number of rotatable bonds is 3. The molecule has 27 heavy (non-hydrogen) atoms. The zero-order chi connectivity index (χ0) is 19.2. The number of nitrogens with zero attached hydrogens (tertiary/aromatic N) is 3. The summed E-state index contributed by atoms with van der Waals surface area (Å²) in [4.78, 5) is 13.7. The Morgan fingerprint density at radius 3 is 2.33 bits per heavy atom. The maximum atomic E-state index is 13.1. The Morgan fingerprint density at radius 2 is 1.67 bits per heavy atom. The molecular formula is C18H18FN3O4S. The predicted molar refractivity (Wildman–Crippen MR) is 98.8 cm³/mol. The maximum Gasteiger partial charge on any atom is 0.419 e. The molecule has 1 aliphatic heterocycles. The number of anilines is 1. The molecule has 0 saturated carbocycles. The Balaban J connectivity index is 1.56. The molecule has 0 amide bonds. The standard InChI is InChI=1S/C18H18FN3O4S/c1-20-16-12-15(6-7-17(16)26-18(20)23)27(24,25)22-10-8-21(9-11-22)14-4-2-13(19)3-5-14/h2-7,12H,8-11H2,1H3. The SMILES string of the molecule is Cn1c(=O)oc2ccc(S(=O)(=O)N3CCN(c4ccc(F)cc4)CC3)cc21. The van der Waals surface area contributed by atoms with Crippen LogP contribution in [0.15, 0.2) is 56.6 Å². The average Bonchev–Trinajstić information content (AvgIpc) is 2.96. The van der Waals surface area contributed by atoms with Crippen molar-refractivity contribution < 1.29 is 17.2 Å². The van der Waals surface area contributed by atoms with E-state index >= 15 is 0 Å². The molecule has 4 rings (SSSR count). The van der Waals surface area contributed by atoms with Gasteiger partial charge in [-0.2, -0.15) is 4.31 Å². The van der Waals surface area contributed by atoms with Gasteiger partial charge in [0.05, 0.1) is 10.4 Å². The lowest BCUT2D eigenvalue weighted by Gasteiger charge is -2.35. The van der Waals surface area contributed by atoms with E-state index in [2.05, 4.69) is 0 Å². The summed E-state index contributed by atoms with van der Waals surface area (Å²) in [5, 5.41) is 0. The summed E-state index contributed by atoms with van der Waals surface area (Å²) in [5.41, 5.74) is 1.65. The first-order valence-electron chi connectivity index (χ1n) is 8.46. The van der Waals surface area contributed by atoms with Gasteiger partial charge in [-0.05, 0) is 42.5 Å². The summed E-state index contributed by atoms with van der Waals surface area (Å²) in [6.07, 6.45) is 0. The number of hydrogen-bond acceptors (Lipinski definition) is 5. The van der Waals surface area contributed by atoms with Gasteiger partial charge in [-0.15, -0.1) is 0 Å². The second kappa shape index (κ2) is 6.50. The van der Waals surface area contributed by atoms with E-state index in [0.717, 1.165) is 5.69 Å². The summed E-state index contributed by atoms with van der Waals surface area (Å²) in [6, 6.07) is 10.6. The Hall–Kier alpha value is -2.65. The van der Waals surface area contributed by atoms with Crippen LogP contribution in [-0.2, 0) is 17.1 Å². The molecule has 0 N–H and O–H groups in total. The molecule has 0 atom stereocenters. The topological polar surface area (TPSA) is 75.8 Å². The van der Waals surface area contributed by atoms with Gasteiger partial charge in [0.25, 0.3) is 0 Å². The predicted octanol–water partition coefficient (Wildman–Crippen LogP) is 1.78. The van der Waals surface area contributed by atoms with E-state index in [9.17, 15) is 17.6 Å². The van der Waals surface area contributed by atoms with Crippen LogP contribution < -0.4 is 10.7 Å². The Labute approximate surface area is 155 Å². The molecule has 2 aromatic carbocycles. The minimum Gasteiger partial charge on any atom is -0.408 e. The van der Waals surface area contributed by atoms with Gasteiger partial charge in [0, 0.05) is 38.9 Å². The summed E-state index contributed by atoms with van der Waals surface area (Å²) < 4.78 is 46.8. The Kier molecular flexibility index (Phi) is 4.27. The molecule has 0 radical (unpaired) electrons. The molecular weight excluding hydrogens is 373 g/mol. The minimum absolute atomic E-state index is 0.127. The van der Waals surface area contributed by atoms with Gasteiger partial charge in [0.1, 0.15) is 5.82 Å². The van der Waals surface area contributed by atoms with E-state index in [-0.39, 0.29) is 10.7 Å². The van der Waals surface area contributed by atoms with Crippen LogP contribution in [0.1, 0.15) is 0 Å². The molecule has 1 fully saturated rings. The first-order chi connectivity index (χ1) is 12.9. The van der Waals surface area contributed by atoms with Gasteiger partial charge in [-0.25, -0.2) is 17.6 Å². The Bertz CT molecular complexity index is 1140. The van der Waals surface area contributed by atoms with E-state index < -0.39 is 15.8 Å². The molecule has 1 saturated heterocycles. The van der Waals surface area contributed by atoms with Gasteiger partial charge < -0.3 is 9.32 Å². The number of aryl methyl sites for hydroxylation is 1. The first kappa shape index (κ1) is 17.7. The Morgan fingerprint density at radius 1 is 1.00 bits per heavy atom. The molecule has 7 nitrogen and oxygen atoms in total. The number of benzene rings is 2. The van der Waals surface area contributed by atoms with Crippen LogP contribution >= 0.6 is 0 Å². The third-order valence-electron chi connectivity index (χ3n) is 4.83. The molecule has 1 aromatic heterocycles. The molecule has 3 aromatic rings. The van der Waals surface area contributed by atoms with Gasteiger partial charge in [0.2, 0.25) is 10.0 Å². The number of halogens is 1. The lowest BCUT2D eigenvalue weighted by atomic mass is 10.2. The summed E-state index contributed by atoms with van der Waals surface area (Å²) in [6.45, 7) is 1.67. The molecule has 0 unspecified atom stereocenters. The smallest absolute Gasteiger partial charge is 0.408 e. The molecule has 1 aliphatic rings. The van der Waals surface area contributed by atoms with Crippen molar-refractivity contribution in [1.82, 2.24) is 8.87 Å². The molecule has 0 bridgehead atoms. The lowest BCUT2D eigenvalue weighted by Crippen LogP contribution is -2.48. The van der Waals surface area contributed by atoms with Crippen molar-refractivity contribution in [2.24, 2.45) is 7.05 Å². The van der Waals surface area contributed by atoms with Crippen LogP contribution in [0.3, 0.4) is 0 Å². The second-order valence-electron chi connectivity index (χ2n) is 6.42. The normalized spacial score (nSPS) is 16.1. The van der Waals surface area contributed by atoms with Crippen LogP contribution in [0.5, 0.6) is 0 Å². The molecule has 142 valence electrons. The zero-order valence-electron chi connectivity index (χ0n) is 14.6. The fourth-order valence-corrected chi connectivity index (χ4v) is 4.70. The number of piperazine rings is 1. The number of fused-ring (bicyclic) bond motifs is 1. The largest absolute Gasteiger partial charge is 0.419 e. The first-order valence-corrected chi connectivity index (χ1v) is 9.90. The van der Waals surface area contributed by atoms with Crippen LogP contribution in [0.4, 0.5) is 10.1 Å². The fraction of sp³-hybridized carbons (Fsp3) is 0.278. The second-order valence-corrected chi connectivity index (χ2v) is 8.36. The average molecular weight is 391 g/mol. The van der Waals surface area contributed by atoms with Crippen molar-refractivity contribution >= 4 is 26.8 Å². The third kappa shape index (κ3) is 3.13. The number of oxazole rings is 1. The van der Waals surface area contributed by atoms with E-state index in [0.29, 0.717) is 37.3 Å². The number of aromatic nitrogens is 1. The van der Waals surface area contributed by atoms with Crippen LogP contribution in [0.2, 0.25) is 0 Å². The quantitative estimate of drug-likeness (QED) is 0.680. The third-order valence-corrected chi connectivity index (χ3v) is 6.73. The van der Waals surface area contributed by atoms with Crippen molar-refractivity contribution in [3.8, 4) is 0 Å². The fourth-order valence-electron chi connectivity index (χ4n) is 3.25. The molecule has 2 heterocycles. The van der Waals surface area contributed by atoms with Gasteiger partial charge in [-0.1, -0.05) is 0 Å². The summed E-state index contributed by atoms with van der Waals surface area (Å²) >= 11 is 0. The molecule has 0 spiro atoms. The van der Waals surface area contributed by atoms with Crippen LogP contribution in [0.25, 0.3) is 11.1 Å². The maximum absolute atomic E-state index is 13.1. The highest BCUT2D eigenvalue weighted by molar-refractivity contribution is 7.89. The van der Waals surface area contributed by atoms with E-state index in [1.807, 2.05) is 4.90 Å². The highest BCUT2D eigenvalue weighted by Crippen LogP contribution is 2.24. The van der Waals surface area contributed by atoms with Crippen LogP contribution in [-0.4, -0.2) is 43.5 Å². The van der Waals surface area contributed by atoms with Crippen molar-refractivity contribution in [2.45, 2.75) is 4.90 Å². The van der Waals surface area contributed by atoms with Crippen molar-refractivity contribution in [3.05, 3.63) is 58.8 Å². The van der Waals surface area contributed by atoms with E-state index in [1.165, 1.54) is 46.3 Å². The van der Waals surface area contributed by atoms with Gasteiger partial charge in [0.15, 0.2) is 5.58 Å². The summed E-state index contributed by atoms with van der Waals surface area (Å²) in [5.74, 6) is -0.837. The number of sulfonamides is 1. The van der Waals surface area contributed by atoms with E-state index in [1.54, 1.807) is 12.1 Å². The van der Waals surface area contributed by atoms with E-state index in [4.69, 9.17) is 4.42 Å². The van der Waals surface area contributed by atoms with Gasteiger partial charge >= 0.3 is 5.76 Å². The molecule has 0 aliphatic carbocycles. The van der Waals surface area contributed by atoms with Gasteiger partial charge in [-0.3, -0.25) is 4.57 Å². The van der Waals surface area contributed by atoms with Crippen molar-refractivity contribution in [2.75, 3.05) is 31.1 Å². The zero-order valence-corrected chi connectivity index (χ0v) is 15.4. The molecule has 9 heteroatoms. The number of hydrogen-bond donors (Lipinski definition) is 0. The summed E-state index contributed by atoms with van der Waals surface area (Å²) in [7, 11) is -2.15. The lowest BCUT2D eigenvalue weighted by molar-refractivity contribution is 0.385. The minimum atomic E-state index is -3.68. The monoisotopic (exact) mass is 391 g/mol.